The average Bonchev–Trinajstić information content (AvgIpc) is 3.06. The molecule has 4 aromatic rings. The van der Waals surface area contributed by atoms with Crippen LogP contribution in [0.25, 0.3) is 0 Å². The van der Waals surface area contributed by atoms with Gasteiger partial charge >= 0.3 is 0 Å². The third-order valence-electron chi connectivity index (χ3n) is 7.21. The molecule has 0 aromatic heterocycles. The smallest absolute Gasteiger partial charge is 0.251 e. The molecule has 0 spiro atoms. The summed E-state index contributed by atoms with van der Waals surface area (Å²) in [5, 5.41) is 9.37. The molecule has 0 aliphatic carbocycles. The van der Waals surface area contributed by atoms with E-state index in [4.69, 9.17) is 22.1 Å². The van der Waals surface area contributed by atoms with Crippen molar-refractivity contribution in [2.24, 2.45) is 5.73 Å². The molecule has 44 heavy (non-hydrogen) atoms. The van der Waals surface area contributed by atoms with Gasteiger partial charge in [-0.2, -0.15) is 0 Å². The Kier molecular flexibility index (Phi) is 11.9. The molecule has 4 aromatic carbocycles. The van der Waals surface area contributed by atoms with Crippen LogP contribution in [0.4, 0.5) is 0 Å². The van der Waals surface area contributed by atoms with Gasteiger partial charge in [0, 0.05) is 36.8 Å². The van der Waals surface area contributed by atoms with Gasteiger partial charge in [0.2, 0.25) is 11.8 Å². The van der Waals surface area contributed by atoms with Crippen LogP contribution in [0.2, 0.25) is 5.02 Å². The Morgan fingerprint density at radius 2 is 1.25 bits per heavy atom. The summed E-state index contributed by atoms with van der Waals surface area (Å²) in [7, 11) is 0. The van der Waals surface area contributed by atoms with E-state index >= 15 is 0 Å². The summed E-state index contributed by atoms with van der Waals surface area (Å²) in [6.07, 6.45) is 0. The molecule has 0 fully saturated rings. The second kappa shape index (κ2) is 16.3. The summed E-state index contributed by atoms with van der Waals surface area (Å²) in [6, 6.07) is 30.7. The minimum atomic E-state index is -0.715. The Hall–Kier alpha value is -4.66. The zero-order chi connectivity index (χ0) is 31.3. The Labute approximate surface area is 263 Å². The van der Waals surface area contributed by atoms with Gasteiger partial charge in [-0.3, -0.25) is 14.4 Å². The highest BCUT2D eigenvalue weighted by molar-refractivity contribution is 6.30. The first-order chi connectivity index (χ1) is 21.4. The van der Waals surface area contributed by atoms with E-state index in [1.165, 1.54) is 0 Å². The van der Waals surface area contributed by atoms with Crippen LogP contribution in [0.15, 0.2) is 103 Å². The Bertz CT molecular complexity index is 1510. The first-order valence-corrected chi connectivity index (χ1v) is 14.9. The molecule has 0 bridgehead atoms. The molecule has 0 aliphatic rings. The van der Waals surface area contributed by atoms with Gasteiger partial charge in [-0.15, -0.1) is 0 Å². The third-order valence-corrected chi connectivity index (χ3v) is 7.46. The van der Waals surface area contributed by atoms with Gasteiger partial charge < -0.3 is 26.4 Å². The maximum atomic E-state index is 13.7. The first kappa shape index (κ1) is 32.3. The number of carbonyl (C=O) groups is 3. The van der Waals surface area contributed by atoms with Crippen molar-refractivity contribution in [2.45, 2.75) is 31.8 Å². The molecule has 5 N–H and O–H groups in total. The van der Waals surface area contributed by atoms with E-state index in [2.05, 4.69) is 16.0 Å². The molecule has 0 saturated carbocycles. The SMILES string of the molecule is CCOc1ccc([C@@H](CNC(=O)c2ccccc2)C(=O)NC[C@H](C(=O)NCc2ccc(CN)cc2)c2ccc(Cl)cc2)cc1. The fraction of sp³-hybridized carbons (Fsp3) is 0.229. The van der Waals surface area contributed by atoms with Crippen LogP contribution in [0.5, 0.6) is 5.75 Å². The van der Waals surface area contributed by atoms with Crippen LogP contribution >= 0.6 is 11.6 Å². The van der Waals surface area contributed by atoms with E-state index in [0.29, 0.717) is 47.2 Å². The number of ether oxygens (including phenoxy) is 1. The normalized spacial score (nSPS) is 12.1. The number of hydrogen-bond donors (Lipinski definition) is 4. The Morgan fingerprint density at radius 1 is 0.705 bits per heavy atom. The molecule has 0 aliphatic heterocycles. The molecule has 0 saturated heterocycles. The zero-order valence-electron chi connectivity index (χ0n) is 24.6. The third kappa shape index (κ3) is 9.17. The molecule has 3 amide bonds. The largest absolute Gasteiger partial charge is 0.494 e. The van der Waals surface area contributed by atoms with Gasteiger partial charge in [-0.05, 0) is 65.6 Å². The highest BCUT2D eigenvalue weighted by atomic mass is 35.5. The molecular weight excluding hydrogens is 576 g/mol. The lowest BCUT2D eigenvalue weighted by Gasteiger charge is -2.22. The Balaban J connectivity index is 1.49. The summed E-state index contributed by atoms with van der Waals surface area (Å²) in [6.45, 7) is 3.28. The summed E-state index contributed by atoms with van der Waals surface area (Å²) in [5.41, 5.74) is 9.53. The molecule has 0 radical (unpaired) electrons. The van der Waals surface area contributed by atoms with E-state index in [0.717, 1.165) is 11.1 Å². The number of nitrogens with two attached hydrogens (primary N) is 1. The number of nitrogens with one attached hydrogen (secondary N) is 3. The zero-order valence-corrected chi connectivity index (χ0v) is 25.3. The van der Waals surface area contributed by atoms with Crippen molar-refractivity contribution in [1.82, 2.24) is 16.0 Å². The van der Waals surface area contributed by atoms with Gasteiger partial charge in [-0.25, -0.2) is 0 Å². The predicted octanol–water partition coefficient (Wildman–Crippen LogP) is 4.93. The number of benzene rings is 4. The lowest BCUT2D eigenvalue weighted by Crippen LogP contribution is -2.41. The molecule has 9 heteroatoms. The van der Waals surface area contributed by atoms with Crippen LogP contribution in [-0.4, -0.2) is 37.4 Å². The molecule has 228 valence electrons. The van der Waals surface area contributed by atoms with Crippen molar-refractivity contribution < 1.29 is 19.1 Å². The van der Waals surface area contributed by atoms with Crippen LogP contribution in [0.3, 0.4) is 0 Å². The number of amides is 3. The molecule has 4 rings (SSSR count). The number of carbonyl (C=O) groups excluding carboxylic acids is 3. The minimum absolute atomic E-state index is 0.0402. The number of hydrogen-bond acceptors (Lipinski definition) is 5. The minimum Gasteiger partial charge on any atom is -0.494 e. The molecule has 8 nitrogen and oxygen atoms in total. The van der Waals surface area contributed by atoms with E-state index in [9.17, 15) is 14.4 Å². The lowest BCUT2D eigenvalue weighted by atomic mass is 9.95. The van der Waals surface area contributed by atoms with Gasteiger partial charge in [0.15, 0.2) is 0 Å². The van der Waals surface area contributed by atoms with Gasteiger partial charge in [-0.1, -0.05) is 78.3 Å². The topological polar surface area (TPSA) is 123 Å². The average molecular weight is 613 g/mol. The molecule has 0 heterocycles. The van der Waals surface area contributed by atoms with Crippen LogP contribution < -0.4 is 26.4 Å². The standard InChI is InChI=1S/C35H37ClN4O4/c1-2-44-30-18-14-27(15-19-30)31(22-39-33(41)28-6-4-3-5-7-28)35(43)40-23-32(26-12-16-29(36)17-13-26)34(42)38-21-25-10-8-24(20-37)9-11-25/h3-19,31-32H,2,20-23,37H2,1H3,(H,38,42)(H,39,41)(H,40,43)/t31-,32+/m1/s1. The van der Waals surface area contributed by atoms with Crippen LogP contribution in [0, 0.1) is 0 Å². The Morgan fingerprint density at radius 3 is 1.84 bits per heavy atom. The van der Waals surface area contributed by atoms with Crippen molar-refractivity contribution in [2.75, 3.05) is 19.7 Å². The summed E-state index contributed by atoms with van der Waals surface area (Å²) < 4.78 is 5.56. The molecule has 0 unspecified atom stereocenters. The van der Waals surface area contributed by atoms with Crippen molar-refractivity contribution in [1.29, 1.82) is 0 Å². The maximum absolute atomic E-state index is 13.7. The highest BCUT2D eigenvalue weighted by Crippen LogP contribution is 2.22. The van der Waals surface area contributed by atoms with Gasteiger partial charge in [0.25, 0.3) is 5.91 Å². The second-order valence-electron chi connectivity index (χ2n) is 10.2. The van der Waals surface area contributed by atoms with Crippen molar-refractivity contribution in [3.8, 4) is 5.75 Å². The molecule has 2 atom stereocenters. The second-order valence-corrected chi connectivity index (χ2v) is 10.7. The van der Waals surface area contributed by atoms with Crippen molar-refractivity contribution >= 4 is 29.3 Å². The highest BCUT2D eigenvalue weighted by Gasteiger charge is 2.26. The summed E-state index contributed by atoms with van der Waals surface area (Å²) in [5.74, 6) is -1.57. The van der Waals surface area contributed by atoms with Gasteiger partial charge in [0.05, 0.1) is 18.4 Å². The summed E-state index contributed by atoms with van der Waals surface area (Å²) >= 11 is 6.11. The monoisotopic (exact) mass is 612 g/mol. The summed E-state index contributed by atoms with van der Waals surface area (Å²) in [4.78, 5) is 40.0. The van der Waals surface area contributed by atoms with E-state index < -0.39 is 11.8 Å². The van der Waals surface area contributed by atoms with Crippen molar-refractivity contribution in [3.05, 3.63) is 136 Å². The maximum Gasteiger partial charge on any atom is 0.251 e. The lowest BCUT2D eigenvalue weighted by molar-refractivity contribution is -0.124. The van der Waals surface area contributed by atoms with E-state index in [-0.39, 0.29) is 30.8 Å². The predicted molar refractivity (Wildman–Crippen MR) is 173 cm³/mol. The fourth-order valence-corrected chi connectivity index (χ4v) is 4.83. The fourth-order valence-electron chi connectivity index (χ4n) is 4.70. The molecular formula is C35H37ClN4O4. The number of rotatable bonds is 14. The van der Waals surface area contributed by atoms with Crippen LogP contribution in [-0.2, 0) is 22.7 Å². The van der Waals surface area contributed by atoms with Gasteiger partial charge in [0.1, 0.15) is 5.75 Å². The quantitative estimate of drug-likeness (QED) is 0.161. The van der Waals surface area contributed by atoms with Crippen LogP contribution in [0.1, 0.15) is 51.4 Å². The first-order valence-electron chi connectivity index (χ1n) is 14.5. The van der Waals surface area contributed by atoms with Crippen molar-refractivity contribution in [3.63, 3.8) is 0 Å². The number of halogens is 1. The van der Waals surface area contributed by atoms with E-state index in [1.807, 2.05) is 49.4 Å². The van der Waals surface area contributed by atoms with E-state index in [1.54, 1.807) is 60.7 Å².